The van der Waals surface area contributed by atoms with Gasteiger partial charge in [0.25, 0.3) is 11.8 Å². The fourth-order valence-electron chi connectivity index (χ4n) is 2.00. The van der Waals surface area contributed by atoms with Crippen LogP contribution in [0, 0.1) is 0 Å². The van der Waals surface area contributed by atoms with Crippen LogP contribution in [-0.4, -0.2) is 36.3 Å². The smallest absolute Gasteiger partial charge is 0.330 e. The van der Waals surface area contributed by atoms with Crippen molar-refractivity contribution in [3.63, 3.8) is 0 Å². The number of ether oxygens (including phenoxy) is 1. The number of amides is 2. The highest BCUT2D eigenvalue weighted by Gasteiger charge is 2.34. The molecule has 19 heavy (non-hydrogen) atoms. The molecule has 2 rings (SSSR count). The summed E-state index contributed by atoms with van der Waals surface area (Å²) in [5, 5.41) is 0. The van der Waals surface area contributed by atoms with Crippen molar-refractivity contribution in [3.05, 3.63) is 47.5 Å². The summed E-state index contributed by atoms with van der Waals surface area (Å²) >= 11 is 0. The Bertz CT molecular complexity index is 577. The summed E-state index contributed by atoms with van der Waals surface area (Å²) in [6.45, 7) is 3.44. The van der Waals surface area contributed by atoms with Gasteiger partial charge in [-0.3, -0.25) is 14.5 Å². The molecule has 0 atom stereocenters. The second-order valence-electron chi connectivity index (χ2n) is 4.13. The Balaban J connectivity index is 2.20. The van der Waals surface area contributed by atoms with E-state index in [1.54, 1.807) is 18.2 Å². The molecular formula is C14H13NO4. The molecule has 98 valence electrons. The van der Waals surface area contributed by atoms with Gasteiger partial charge in [0.15, 0.2) is 0 Å². The van der Waals surface area contributed by atoms with Crippen molar-refractivity contribution in [3.8, 4) is 0 Å². The zero-order valence-corrected chi connectivity index (χ0v) is 10.5. The molecule has 0 radical (unpaired) electrons. The lowest BCUT2D eigenvalue weighted by Crippen LogP contribution is -2.24. The normalized spacial score (nSPS) is 13.4. The third kappa shape index (κ3) is 2.27. The molecule has 1 heterocycles. The summed E-state index contributed by atoms with van der Waals surface area (Å²) in [5.41, 5.74) is 1.52. The molecule has 0 saturated carbocycles. The molecule has 0 unspecified atom stereocenters. The largest absolute Gasteiger partial charge is 0.462 e. The van der Waals surface area contributed by atoms with E-state index in [9.17, 15) is 14.4 Å². The first-order valence-electron chi connectivity index (χ1n) is 5.79. The summed E-state index contributed by atoms with van der Waals surface area (Å²) in [7, 11) is 1.45. The van der Waals surface area contributed by atoms with E-state index in [0.717, 1.165) is 11.0 Å². The number of benzene rings is 1. The Labute approximate surface area is 110 Å². The quantitative estimate of drug-likeness (QED) is 0.463. The minimum absolute atomic E-state index is 0.145. The maximum atomic E-state index is 12.0. The lowest BCUT2D eigenvalue weighted by Gasteiger charge is -2.07. The van der Waals surface area contributed by atoms with E-state index in [2.05, 4.69) is 6.58 Å². The van der Waals surface area contributed by atoms with E-state index in [1.165, 1.54) is 7.05 Å². The zero-order valence-electron chi connectivity index (χ0n) is 10.5. The van der Waals surface area contributed by atoms with Crippen molar-refractivity contribution >= 4 is 17.8 Å². The highest BCUT2D eigenvalue weighted by molar-refractivity contribution is 6.21. The predicted octanol–water partition coefficient (Wildman–Crippen LogP) is 1.18. The van der Waals surface area contributed by atoms with Crippen LogP contribution in [0.1, 0.15) is 26.3 Å². The van der Waals surface area contributed by atoms with Crippen LogP contribution in [0.2, 0.25) is 0 Å². The van der Waals surface area contributed by atoms with Crippen molar-refractivity contribution in [2.75, 3.05) is 13.7 Å². The van der Waals surface area contributed by atoms with Crippen molar-refractivity contribution < 1.29 is 19.1 Å². The summed E-state index contributed by atoms with van der Waals surface area (Å²) in [6, 6.07) is 5.09. The van der Waals surface area contributed by atoms with Gasteiger partial charge in [-0.1, -0.05) is 18.7 Å². The van der Waals surface area contributed by atoms with Gasteiger partial charge >= 0.3 is 5.97 Å². The SMILES string of the molecule is C=CC(=O)OCCc1cccc2c1C(=O)N(C)C2=O. The molecule has 1 aliphatic rings. The first-order chi connectivity index (χ1) is 9.06. The Morgan fingerprint density at radius 2 is 2.11 bits per heavy atom. The minimum atomic E-state index is -0.507. The number of nitrogens with zero attached hydrogens (tertiary/aromatic N) is 1. The predicted molar refractivity (Wildman–Crippen MR) is 67.7 cm³/mol. The number of rotatable bonds is 4. The summed E-state index contributed by atoms with van der Waals surface area (Å²) in [5.74, 6) is -1.12. The van der Waals surface area contributed by atoms with Crippen LogP contribution in [0.25, 0.3) is 0 Å². The average molecular weight is 259 g/mol. The number of fused-ring (bicyclic) bond motifs is 1. The topological polar surface area (TPSA) is 63.7 Å². The Morgan fingerprint density at radius 1 is 1.37 bits per heavy atom. The maximum Gasteiger partial charge on any atom is 0.330 e. The van der Waals surface area contributed by atoms with Gasteiger partial charge in [0.1, 0.15) is 0 Å². The molecule has 5 heteroatoms. The van der Waals surface area contributed by atoms with E-state index in [4.69, 9.17) is 4.74 Å². The molecule has 0 fully saturated rings. The number of hydrogen-bond acceptors (Lipinski definition) is 4. The number of hydrogen-bond donors (Lipinski definition) is 0. The number of imide groups is 1. The number of esters is 1. The van der Waals surface area contributed by atoms with E-state index in [-0.39, 0.29) is 18.4 Å². The molecular weight excluding hydrogens is 246 g/mol. The van der Waals surface area contributed by atoms with E-state index in [1.807, 2.05) is 0 Å². The molecule has 0 aliphatic carbocycles. The Hall–Kier alpha value is -2.43. The van der Waals surface area contributed by atoms with Crippen LogP contribution in [0.4, 0.5) is 0 Å². The molecule has 1 aromatic rings. The Morgan fingerprint density at radius 3 is 2.79 bits per heavy atom. The van der Waals surface area contributed by atoms with Crippen LogP contribution in [-0.2, 0) is 16.0 Å². The van der Waals surface area contributed by atoms with E-state index < -0.39 is 5.97 Å². The maximum absolute atomic E-state index is 12.0. The molecule has 0 N–H and O–H groups in total. The molecule has 2 amide bonds. The third-order valence-electron chi connectivity index (χ3n) is 2.99. The lowest BCUT2D eigenvalue weighted by molar-refractivity contribution is -0.137. The fourth-order valence-corrected chi connectivity index (χ4v) is 2.00. The highest BCUT2D eigenvalue weighted by Crippen LogP contribution is 2.25. The molecule has 1 aromatic carbocycles. The molecule has 1 aliphatic heterocycles. The minimum Gasteiger partial charge on any atom is -0.462 e. The van der Waals surface area contributed by atoms with Gasteiger partial charge in [0.05, 0.1) is 17.7 Å². The second kappa shape index (κ2) is 5.06. The van der Waals surface area contributed by atoms with E-state index >= 15 is 0 Å². The van der Waals surface area contributed by atoms with Gasteiger partial charge in [-0.15, -0.1) is 0 Å². The van der Waals surface area contributed by atoms with Crippen molar-refractivity contribution in [2.24, 2.45) is 0 Å². The van der Waals surface area contributed by atoms with Crippen LogP contribution in [0.3, 0.4) is 0 Å². The van der Waals surface area contributed by atoms with Crippen molar-refractivity contribution in [1.82, 2.24) is 4.90 Å². The van der Waals surface area contributed by atoms with Crippen LogP contribution < -0.4 is 0 Å². The summed E-state index contributed by atoms with van der Waals surface area (Å²) < 4.78 is 4.88. The molecule has 0 aromatic heterocycles. The lowest BCUT2D eigenvalue weighted by atomic mass is 10.0. The second-order valence-corrected chi connectivity index (χ2v) is 4.13. The van der Waals surface area contributed by atoms with Crippen LogP contribution >= 0.6 is 0 Å². The molecule has 0 saturated heterocycles. The summed E-state index contributed by atoms with van der Waals surface area (Å²) in [6.07, 6.45) is 1.47. The molecule has 0 spiro atoms. The molecule has 5 nitrogen and oxygen atoms in total. The van der Waals surface area contributed by atoms with Crippen LogP contribution in [0.15, 0.2) is 30.9 Å². The number of carbonyl (C=O) groups excluding carboxylic acids is 3. The first kappa shape index (κ1) is 13.0. The Kier molecular flexibility index (Phi) is 3.46. The fraction of sp³-hybridized carbons (Fsp3) is 0.214. The molecule has 0 bridgehead atoms. The third-order valence-corrected chi connectivity index (χ3v) is 2.99. The first-order valence-corrected chi connectivity index (χ1v) is 5.79. The summed E-state index contributed by atoms with van der Waals surface area (Å²) in [4.78, 5) is 35.8. The van der Waals surface area contributed by atoms with Gasteiger partial charge in [0.2, 0.25) is 0 Å². The average Bonchev–Trinajstić information content (AvgIpc) is 2.64. The van der Waals surface area contributed by atoms with Gasteiger partial charge in [-0.05, 0) is 11.6 Å². The highest BCUT2D eigenvalue weighted by atomic mass is 16.5. The standard InChI is InChI=1S/C14H13NO4/c1-3-11(16)19-8-7-9-5-4-6-10-12(9)14(18)15(2)13(10)17/h3-6H,1,7-8H2,2H3. The zero-order chi connectivity index (χ0) is 14.0. The monoisotopic (exact) mass is 259 g/mol. The van der Waals surface area contributed by atoms with Gasteiger partial charge in [-0.2, -0.15) is 0 Å². The van der Waals surface area contributed by atoms with Crippen LogP contribution in [0.5, 0.6) is 0 Å². The van der Waals surface area contributed by atoms with Gasteiger partial charge in [0, 0.05) is 19.5 Å². The van der Waals surface area contributed by atoms with Gasteiger partial charge in [-0.25, -0.2) is 4.79 Å². The van der Waals surface area contributed by atoms with E-state index in [0.29, 0.717) is 23.1 Å². The van der Waals surface area contributed by atoms with Crippen molar-refractivity contribution in [1.29, 1.82) is 0 Å². The van der Waals surface area contributed by atoms with Gasteiger partial charge < -0.3 is 4.74 Å². The van der Waals surface area contributed by atoms with Crippen molar-refractivity contribution in [2.45, 2.75) is 6.42 Å². The number of carbonyl (C=O) groups is 3.